The molecule has 92 valence electrons. The van der Waals surface area contributed by atoms with E-state index in [1.807, 2.05) is 0 Å². The van der Waals surface area contributed by atoms with Crippen LogP contribution in [0.25, 0.3) is 0 Å². The van der Waals surface area contributed by atoms with Gasteiger partial charge in [0, 0.05) is 12.5 Å². The Morgan fingerprint density at radius 3 is 2.44 bits per heavy atom. The second-order valence-corrected chi connectivity index (χ2v) is 5.90. The number of cyclic esters (lactones) is 1. The van der Waals surface area contributed by atoms with Gasteiger partial charge in [0.1, 0.15) is 6.04 Å². The molecule has 2 aliphatic rings. The Balaban J connectivity index is 2.02. The van der Waals surface area contributed by atoms with E-state index in [-0.39, 0.29) is 29.3 Å². The van der Waals surface area contributed by atoms with Crippen LogP contribution in [0.15, 0.2) is 0 Å². The molecule has 0 bridgehead atoms. The van der Waals surface area contributed by atoms with Gasteiger partial charge in [-0.05, 0) is 34.1 Å². The number of carbonyl (C=O) groups is 1. The molecule has 0 aromatic rings. The molecule has 0 aliphatic carbocycles. The Labute approximate surface area is 96.7 Å². The van der Waals surface area contributed by atoms with Crippen molar-refractivity contribution in [2.45, 2.75) is 63.8 Å². The summed E-state index contributed by atoms with van der Waals surface area (Å²) in [5.41, 5.74) is -0.351. The summed E-state index contributed by atoms with van der Waals surface area (Å²) >= 11 is 0. The number of nitrogens with one attached hydrogen (secondary N) is 1. The predicted octanol–water partition coefficient (Wildman–Crippen LogP) is 1.24. The summed E-state index contributed by atoms with van der Waals surface area (Å²) in [5.74, 6) is -0.125. The molecule has 0 amide bonds. The molecule has 2 aliphatic heterocycles. The number of rotatable bonds is 2. The second-order valence-electron chi connectivity index (χ2n) is 5.90. The van der Waals surface area contributed by atoms with Crippen molar-refractivity contribution in [1.82, 2.24) is 5.32 Å². The molecule has 0 spiro atoms. The van der Waals surface area contributed by atoms with Gasteiger partial charge in [-0.25, -0.2) is 0 Å². The number of esters is 1. The molecular weight excluding hydrogens is 206 g/mol. The Hall–Kier alpha value is -0.610. The number of hydrogen-bond acceptors (Lipinski definition) is 4. The van der Waals surface area contributed by atoms with Crippen LogP contribution in [-0.4, -0.2) is 35.9 Å². The molecule has 2 heterocycles. The van der Waals surface area contributed by atoms with Gasteiger partial charge in [-0.15, -0.1) is 0 Å². The lowest BCUT2D eigenvalue weighted by atomic mass is 9.93. The zero-order chi connectivity index (χ0) is 12.0. The summed E-state index contributed by atoms with van der Waals surface area (Å²) < 4.78 is 10.9. The molecule has 4 heteroatoms. The first-order valence-corrected chi connectivity index (χ1v) is 5.93. The fourth-order valence-corrected chi connectivity index (χ4v) is 2.71. The van der Waals surface area contributed by atoms with Gasteiger partial charge in [-0.3, -0.25) is 10.1 Å². The van der Waals surface area contributed by atoms with Gasteiger partial charge in [-0.2, -0.15) is 0 Å². The van der Waals surface area contributed by atoms with E-state index in [9.17, 15) is 4.79 Å². The monoisotopic (exact) mass is 227 g/mol. The maximum absolute atomic E-state index is 11.4. The van der Waals surface area contributed by atoms with Gasteiger partial charge >= 0.3 is 5.97 Å². The fraction of sp³-hybridized carbons (Fsp3) is 0.917. The van der Waals surface area contributed by atoms with E-state index in [4.69, 9.17) is 9.47 Å². The maximum Gasteiger partial charge on any atom is 0.323 e. The summed E-state index contributed by atoms with van der Waals surface area (Å²) in [6.07, 6.45) is 1.69. The van der Waals surface area contributed by atoms with Crippen molar-refractivity contribution in [1.29, 1.82) is 0 Å². The summed E-state index contributed by atoms with van der Waals surface area (Å²) in [6, 6.07) is 0.0555. The predicted molar refractivity (Wildman–Crippen MR) is 60.1 cm³/mol. The van der Waals surface area contributed by atoms with Gasteiger partial charge in [-0.1, -0.05) is 0 Å². The van der Waals surface area contributed by atoms with Crippen molar-refractivity contribution in [3.05, 3.63) is 0 Å². The highest BCUT2D eigenvalue weighted by atomic mass is 16.5. The van der Waals surface area contributed by atoms with E-state index in [2.05, 4.69) is 33.0 Å². The molecular formula is C12H21NO3. The lowest BCUT2D eigenvalue weighted by Crippen LogP contribution is -2.49. The van der Waals surface area contributed by atoms with Crippen molar-refractivity contribution in [2.24, 2.45) is 0 Å². The van der Waals surface area contributed by atoms with Crippen molar-refractivity contribution in [3.63, 3.8) is 0 Å². The molecule has 2 fully saturated rings. The van der Waals surface area contributed by atoms with Crippen LogP contribution in [0, 0.1) is 0 Å². The van der Waals surface area contributed by atoms with Gasteiger partial charge in [0.2, 0.25) is 0 Å². The third-order valence-electron chi connectivity index (χ3n) is 3.41. The van der Waals surface area contributed by atoms with E-state index < -0.39 is 0 Å². The van der Waals surface area contributed by atoms with Crippen molar-refractivity contribution in [3.8, 4) is 0 Å². The Kier molecular flexibility index (Phi) is 2.75. The molecule has 0 radical (unpaired) electrons. The standard InChI is InChI=1S/C12H21NO3/c1-11(2)7-9(12(3,4)16-11)13-8-5-6-15-10(8)14/h8-9,13H,5-7H2,1-4H3/t8-,9-/m0/s1. The molecule has 2 atom stereocenters. The molecule has 0 saturated carbocycles. The molecule has 4 nitrogen and oxygen atoms in total. The Morgan fingerprint density at radius 1 is 1.31 bits per heavy atom. The van der Waals surface area contributed by atoms with Gasteiger partial charge in [0.25, 0.3) is 0 Å². The highest BCUT2D eigenvalue weighted by Gasteiger charge is 2.47. The Morgan fingerprint density at radius 2 is 2.00 bits per heavy atom. The van der Waals surface area contributed by atoms with Crippen LogP contribution in [0.4, 0.5) is 0 Å². The molecule has 0 aromatic heterocycles. The lowest BCUT2D eigenvalue weighted by molar-refractivity contribution is -0.140. The van der Waals surface area contributed by atoms with Gasteiger partial charge < -0.3 is 9.47 Å². The number of carbonyl (C=O) groups excluding carboxylic acids is 1. The van der Waals surface area contributed by atoms with E-state index >= 15 is 0 Å². The minimum Gasteiger partial charge on any atom is -0.464 e. The minimum atomic E-state index is -0.230. The summed E-state index contributed by atoms with van der Waals surface area (Å²) in [6.45, 7) is 8.85. The van der Waals surface area contributed by atoms with Crippen molar-refractivity contribution >= 4 is 5.97 Å². The molecule has 1 N–H and O–H groups in total. The number of ether oxygens (including phenoxy) is 2. The first-order valence-electron chi connectivity index (χ1n) is 5.93. The van der Waals surface area contributed by atoms with Crippen LogP contribution in [0.3, 0.4) is 0 Å². The zero-order valence-electron chi connectivity index (χ0n) is 10.5. The largest absolute Gasteiger partial charge is 0.464 e. The summed E-state index contributed by atoms with van der Waals surface area (Å²) in [4.78, 5) is 11.4. The Bertz CT molecular complexity index is 299. The van der Waals surface area contributed by atoms with Crippen LogP contribution in [0.5, 0.6) is 0 Å². The normalized spacial score (nSPS) is 36.4. The lowest BCUT2D eigenvalue weighted by Gasteiger charge is -2.28. The molecule has 0 unspecified atom stereocenters. The van der Waals surface area contributed by atoms with Crippen LogP contribution < -0.4 is 5.32 Å². The fourth-order valence-electron chi connectivity index (χ4n) is 2.71. The van der Waals surface area contributed by atoms with E-state index in [0.717, 1.165) is 12.8 Å². The topological polar surface area (TPSA) is 47.6 Å². The quantitative estimate of drug-likeness (QED) is 0.721. The smallest absolute Gasteiger partial charge is 0.323 e. The van der Waals surface area contributed by atoms with Crippen LogP contribution in [0.1, 0.15) is 40.5 Å². The molecule has 0 aromatic carbocycles. The summed E-state index contributed by atoms with van der Waals surface area (Å²) in [5, 5.41) is 3.37. The summed E-state index contributed by atoms with van der Waals surface area (Å²) in [7, 11) is 0. The van der Waals surface area contributed by atoms with E-state index in [1.54, 1.807) is 0 Å². The maximum atomic E-state index is 11.4. The van der Waals surface area contributed by atoms with E-state index in [1.165, 1.54) is 0 Å². The third kappa shape index (κ3) is 2.23. The van der Waals surface area contributed by atoms with Gasteiger partial charge in [0.05, 0.1) is 17.8 Å². The van der Waals surface area contributed by atoms with Crippen molar-refractivity contribution < 1.29 is 14.3 Å². The molecule has 2 rings (SSSR count). The second kappa shape index (κ2) is 3.70. The molecule has 2 saturated heterocycles. The van der Waals surface area contributed by atoms with Crippen LogP contribution >= 0.6 is 0 Å². The van der Waals surface area contributed by atoms with Gasteiger partial charge in [0.15, 0.2) is 0 Å². The van der Waals surface area contributed by atoms with Crippen LogP contribution in [-0.2, 0) is 14.3 Å². The highest BCUT2D eigenvalue weighted by molar-refractivity contribution is 5.77. The number of hydrogen-bond donors (Lipinski definition) is 1. The minimum absolute atomic E-state index is 0.121. The highest BCUT2D eigenvalue weighted by Crippen LogP contribution is 2.37. The molecule has 16 heavy (non-hydrogen) atoms. The van der Waals surface area contributed by atoms with Crippen molar-refractivity contribution in [2.75, 3.05) is 6.61 Å². The zero-order valence-corrected chi connectivity index (χ0v) is 10.5. The van der Waals surface area contributed by atoms with E-state index in [0.29, 0.717) is 6.61 Å². The van der Waals surface area contributed by atoms with Crippen LogP contribution in [0.2, 0.25) is 0 Å². The third-order valence-corrected chi connectivity index (χ3v) is 3.41. The first kappa shape index (κ1) is 11.9. The average Bonchev–Trinajstić information content (AvgIpc) is 2.56. The first-order chi connectivity index (χ1) is 7.30. The average molecular weight is 227 g/mol. The SMILES string of the molecule is CC1(C)C[C@H](N[C@H]2CCOC2=O)C(C)(C)O1.